The highest BCUT2D eigenvalue weighted by atomic mass is 35.5. The number of nitrogens with two attached hydrogens (primary N) is 1. The van der Waals surface area contributed by atoms with Crippen LogP contribution in [0.2, 0.25) is 5.02 Å². The van der Waals surface area contributed by atoms with E-state index in [1.54, 1.807) is 18.2 Å². The van der Waals surface area contributed by atoms with Gasteiger partial charge < -0.3 is 4.74 Å². The highest BCUT2D eigenvalue weighted by Crippen LogP contribution is 2.27. The zero-order valence-electron chi connectivity index (χ0n) is 10.6. The molecule has 0 fully saturated rings. The van der Waals surface area contributed by atoms with Crippen molar-refractivity contribution in [3.8, 4) is 5.75 Å². The van der Waals surface area contributed by atoms with Crippen LogP contribution < -0.4 is 16.0 Å². The Morgan fingerprint density at radius 1 is 1.24 bits per heavy atom. The molecule has 2 aromatic rings. The lowest BCUT2D eigenvalue weighted by molar-refractivity contribution is -0.274. The highest BCUT2D eigenvalue weighted by Gasteiger charge is 2.31. The second-order valence-electron chi connectivity index (χ2n) is 4.12. The number of nitrogens with zero attached hydrogens (tertiary/aromatic N) is 1. The lowest BCUT2D eigenvalue weighted by Gasteiger charge is -2.17. The summed E-state index contributed by atoms with van der Waals surface area (Å²) in [5.74, 6) is 5.14. The number of hydrogen-bond donors (Lipinski definition) is 2. The lowest BCUT2D eigenvalue weighted by Crippen LogP contribution is -2.29. The van der Waals surface area contributed by atoms with E-state index in [0.717, 1.165) is 0 Å². The van der Waals surface area contributed by atoms with E-state index in [2.05, 4.69) is 15.1 Å². The van der Waals surface area contributed by atoms with Crippen LogP contribution in [0, 0.1) is 0 Å². The van der Waals surface area contributed by atoms with Gasteiger partial charge in [-0.1, -0.05) is 23.7 Å². The van der Waals surface area contributed by atoms with Crippen LogP contribution in [0.3, 0.4) is 0 Å². The molecule has 0 aliphatic heterocycles. The number of alkyl halides is 3. The number of aromatic nitrogens is 1. The molecule has 4 nitrogen and oxygen atoms in total. The molecule has 0 spiro atoms. The third kappa shape index (κ3) is 4.32. The number of ether oxygens (including phenoxy) is 1. The summed E-state index contributed by atoms with van der Waals surface area (Å²) < 4.78 is 40.6. The molecule has 0 radical (unpaired) electrons. The third-order valence-corrected chi connectivity index (χ3v) is 2.86. The predicted molar refractivity (Wildman–Crippen MR) is 71.5 cm³/mol. The molecular formula is C13H11ClF3N3O. The molecule has 0 bridgehead atoms. The average molecular weight is 318 g/mol. The number of nitrogens with one attached hydrogen (secondary N) is 1. The van der Waals surface area contributed by atoms with Gasteiger partial charge in [0.25, 0.3) is 0 Å². The molecule has 8 heteroatoms. The van der Waals surface area contributed by atoms with Gasteiger partial charge in [-0.15, -0.1) is 13.2 Å². The van der Waals surface area contributed by atoms with E-state index in [4.69, 9.17) is 17.4 Å². The molecule has 1 aromatic heterocycles. The van der Waals surface area contributed by atoms with Gasteiger partial charge in [0.15, 0.2) is 0 Å². The molecule has 0 amide bonds. The number of halogens is 4. The number of rotatable bonds is 4. The van der Waals surface area contributed by atoms with E-state index < -0.39 is 12.4 Å². The topological polar surface area (TPSA) is 60.2 Å². The van der Waals surface area contributed by atoms with Crippen molar-refractivity contribution in [1.29, 1.82) is 0 Å². The molecule has 21 heavy (non-hydrogen) atoms. The van der Waals surface area contributed by atoms with Crippen molar-refractivity contribution >= 4 is 11.6 Å². The lowest BCUT2D eigenvalue weighted by atomic mass is 10.0. The fourth-order valence-corrected chi connectivity index (χ4v) is 1.91. The summed E-state index contributed by atoms with van der Waals surface area (Å²) in [7, 11) is 0. The van der Waals surface area contributed by atoms with Crippen molar-refractivity contribution in [2.75, 3.05) is 0 Å². The summed E-state index contributed by atoms with van der Waals surface area (Å²) in [6, 6.07) is 8.17. The van der Waals surface area contributed by atoms with E-state index >= 15 is 0 Å². The van der Waals surface area contributed by atoms with E-state index in [0.29, 0.717) is 16.3 Å². The van der Waals surface area contributed by atoms with Crippen molar-refractivity contribution in [2.45, 2.75) is 12.4 Å². The second-order valence-corrected chi connectivity index (χ2v) is 4.56. The molecule has 2 rings (SSSR count). The first-order valence-corrected chi connectivity index (χ1v) is 6.20. The van der Waals surface area contributed by atoms with E-state index in [9.17, 15) is 13.2 Å². The molecule has 1 unspecified atom stereocenters. The van der Waals surface area contributed by atoms with Gasteiger partial charge in [-0.2, -0.15) is 0 Å². The molecule has 0 aliphatic carbocycles. The largest absolute Gasteiger partial charge is 0.573 e. The van der Waals surface area contributed by atoms with Gasteiger partial charge in [0, 0.05) is 6.20 Å². The van der Waals surface area contributed by atoms with Gasteiger partial charge in [-0.25, -0.2) is 5.43 Å². The Morgan fingerprint density at radius 3 is 2.57 bits per heavy atom. The van der Waals surface area contributed by atoms with Crippen LogP contribution in [0.4, 0.5) is 13.2 Å². The summed E-state index contributed by atoms with van der Waals surface area (Å²) in [5.41, 5.74) is 3.50. The molecule has 0 saturated carbocycles. The fraction of sp³-hybridized carbons (Fsp3) is 0.154. The van der Waals surface area contributed by atoms with Crippen LogP contribution in [0.15, 0.2) is 42.6 Å². The smallest absolute Gasteiger partial charge is 0.406 e. The maximum absolute atomic E-state index is 12.2. The molecular weight excluding hydrogens is 307 g/mol. The van der Waals surface area contributed by atoms with Crippen molar-refractivity contribution in [3.63, 3.8) is 0 Å². The fourth-order valence-electron chi connectivity index (χ4n) is 1.80. The van der Waals surface area contributed by atoms with E-state index in [1.807, 2.05) is 0 Å². The monoisotopic (exact) mass is 317 g/mol. The summed E-state index contributed by atoms with van der Waals surface area (Å²) in [4.78, 5) is 4.09. The standard InChI is InChI=1S/C13H11ClF3N3O/c14-9-4-5-11(19-7-9)12(20-18)8-2-1-3-10(6-8)21-13(15,16)17/h1-7,12,20H,18H2. The summed E-state index contributed by atoms with van der Waals surface area (Å²) in [5, 5.41) is 0.448. The van der Waals surface area contributed by atoms with Gasteiger partial charge in [0.1, 0.15) is 5.75 Å². The zero-order valence-corrected chi connectivity index (χ0v) is 11.3. The van der Waals surface area contributed by atoms with Crippen molar-refractivity contribution in [3.05, 3.63) is 58.9 Å². The first kappa shape index (κ1) is 15.6. The molecule has 1 heterocycles. The van der Waals surface area contributed by atoms with Gasteiger partial charge in [-0.3, -0.25) is 10.8 Å². The van der Waals surface area contributed by atoms with Gasteiger partial charge in [0.2, 0.25) is 0 Å². The van der Waals surface area contributed by atoms with Crippen molar-refractivity contribution in [1.82, 2.24) is 10.4 Å². The van der Waals surface area contributed by atoms with Gasteiger partial charge >= 0.3 is 6.36 Å². The highest BCUT2D eigenvalue weighted by molar-refractivity contribution is 6.30. The van der Waals surface area contributed by atoms with E-state index in [-0.39, 0.29) is 5.75 Å². The predicted octanol–water partition coefficient (Wildman–Crippen LogP) is 3.19. The Hall–Kier alpha value is -1.83. The zero-order chi connectivity index (χ0) is 15.5. The summed E-state index contributed by atoms with van der Waals surface area (Å²) in [6.07, 6.45) is -3.32. The van der Waals surface area contributed by atoms with Crippen LogP contribution in [-0.2, 0) is 0 Å². The quantitative estimate of drug-likeness (QED) is 0.671. The van der Waals surface area contributed by atoms with Crippen LogP contribution in [0.25, 0.3) is 0 Å². The third-order valence-electron chi connectivity index (χ3n) is 2.64. The van der Waals surface area contributed by atoms with Crippen LogP contribution in [0.5, 0.6) is 5.75 Å². The Bertz CT molecular complexity index is 604. The SMILES string of the molecule is NNC(c1cccc(OC(F)(F)F)c1)c1ccc(Cl)cn1. The number of benzene rings is 1. The molecule has 0 saturated heterocycles. The Morgan fingerprint density at radius 2 is 2.00 bits per heavy atom. The molecule has 0 aliphatic rings. The summed E-state index contributed by atoms with van der Waals surface area (Å²) in [6.45, 7) is 0. The van der Waals surface area contributed by atoms with Gasteiger partial charge in [-0.05, 0) is 29.8 Å². The van der Waals surface area contributed by atoms with Gasteiger partial charge in [0.05, 0.1) is 16.8 Å². The van der Waals surface area contributed by atoms with Crippen LogP contribution in [0.1, 0.15) is 17.3 Å². The molecule has 1 aromatic carbocycles. The Balaban J connectivity index is 2.30. The molecule has 1 atom stereocenters. The Labute approximate surface area is 123 Å². The minimum Gasteiger partial charge on any atom is -0.406 e. The first-order valence-electron chi connectivity index (χ1n) is 5.82. The number of pyridine rings is 1. The van der Waals surface area contributed by atoms with Crippen molar-refractivity contribution < 1.29 is 17.9 Å². The Kier molecular flexibility index (Phi) is 4.66. The maximum atomic E-state index is 12.2. The minimum atomic E-state index is -4.75. The van der Waals surface area contributed by atoms with Crippen LogP contribution >= 0.6 is 11.6 Å². The minimum absolute atomic E-state index is 0.325. The molecule has 112 valence electrons. The second kappa shape index (κ2) is 6.30. The van der Waals surface area contributed by atoms with Crippen molar-refractivity contribution in [2.24, 2.45) is 5.84 Å². The maximum Gasteiger partial charge on any atom is 0.573 e. The molecule has 3 N–H and O–H groups in total. The van der Waals surface area contributed by atoms with E-state index in [1.165, 1.54) is 24.4 Å². The first-order chi connectivity index (χ1) is 9.89. The average Bonchev–Trinajstić information content (AvgIpc) is 2.40. The number of hydrogen-bond acceptors (Lipinski definition) is 4. The normalized spacial score (nSPS) is 13.0. The summed E-state index contributed by atoms with van der Waals surface area (Å²) >= 11 is 5.74. The number of hydrazine groups is 1. The van der Waals surface area contributed by atoms with Crippen LogP contribution in [-0.4, -0.2) is 11.3 Å².